The highest BCUT2D eigenvalue weighted by Crippen LogP contribution is 2.29. The number of aromatic nitrogens is 2. The van der Waals surface area contributed by atoms with Gasteiger partial charge in [-0.1, -0.05) is 25.5 Å². The van der Waals surface area contributed by atoms with Gasteiger partial charge in [-0.15, -0.1) is 11.3 Å². The van der Waals surface area contributed by atoms with E-state index in [2.05, 4.69) is 38.6 Å². The number of thiophene rings is 1. The number of alkyl halides is 3. The number of fused-ring (bicyclic) bond motifs is 1. The molecule has 0 saturated carbocycles. The van der Waals surface area contributed by atoms with Crippen LogP contribution in [0.5, 0.6) is 0 Å². The van der Waals surface area contributed by atoms with Crippen LogP contribution in [0.3, 0.4) is 0 Å². The molecule has 2 aromatic heterocycles. The number of aromatic amines is 1. The Morgan fingerprint density at radius 2 is 2.08 bits per heavy atom. The normalized spacial score (nSPS) is 11.3. The van der Waals surface area contributed by atoms with Gasteiger partial charge in [0, 0.05) is 16.9 Å². The van der Waals surface area contributed by atoms with E-state index in [1.807, 2.05) is 37.4 Å². The number of H-pyrrole nitrogens is 1. The Balaban J connectivity index is 0.000000638. The molecule has 3 aromatic rings. The van der Waals surface area contributed by atoms with Gasteiger partial charge in [0.25, 0.3) is 0 Å². The molecule has 3 rings (SSSR count). The van der Waals surface area contributed by atoms with Crippen LogP contribution in [0.2, 0.25) is 0 Å². The van der Waals surface area contributed by atoms with Crippen molar-refractivity contribution >= 4 is 39.2 Å². The van der Waals surface area contributed by atoms with Crippen molar-refractivity contribution in [3.05, 3.63) is 59.0 Å². The fraction of sp³-hybridized carbons (Fsp3) is 0.360. The van der Waals surface area contributed by atoms with Crippen LogP contribution in [0.15, 0.2) is 41.9 Å². The van der Waals surface area contributed by atoms with Crippen LogP contribution in [0.4, 0.5) is 23.7 Å². The molecule has 38 heavy (non-hydrogen) atoms. The van der Waals surface area contributed by atoms with Crippen molar-refractivity contribution in [3.8, 4) is 6.07 Å². The lowest BCUT2D eigenvalue weighted by atomic mass is 10.1. The fourth-order valence-electron chi connectivity index (χ4n) is 3.13. The minimum Gasteiger partial charge on any atom is -0.475 e. The summed E-state index contributed by atoms with van der Waals surface area (Å²) in [7, 11) is 2.03. The molecule has 0 aliphatic rings. The monoisotopic (exact) mass is 551 g/mol. The zero-order valence-electron chi connectivity index (χ0n) is 20.8. The standard InChI is InChI=1S/C23H27N5O2S.C2HF3O2/c1-3-4-5-6-11-30-23(29)27-18-7-8-21-20(12-18)17(16-31-21)9-10-28(2)15-22-25-14-19(13-24)26-22;3-2(4,5)1(6)7/h5-8,12,14,16H,3-4,9-11,15H2,1-2H3,(H,25,26)(H,27,29);(H,6,7). The van der Waals surface area contributed by atoms with Crippen LogP contribution in [0.1, 0.15) is 36.8 Å². The summed E-state index contributed by atoms with van der Waals surface area (Å²) in [5, 5.41) is 22.1. The molecule has 0 unspecified atom stereocenters. The van der Waals surface area contributed by atoms with Gasteiger partial charge in [0.2, 0.25) is 0 Å². The van der Waals surface area contributed by atoms with Gasteiger partial charge in [-0.25, -0.2) is 14.6 Å². The van der Waals surface area contributed by atoms with Crippen molar-refractivity contribution in [2.24, 2.45) is 0 Å². The van der Waals surface area contributed by atoms with Gasteiger partial charge in [0.1, 0.15) is 24.2 Å². The largest absolute Gasteiger partial charge is 0.490 e. The minimum absolute atomic E-state index is 0.273. The van der Waals surface area contributed by atoms with E-state index in [4.69, 9.17) is 19.9 Å². The van der Waals surface area contributed by atoms with Gasteiger partial charge in [0.15, 0.2) is 0 Å². The molecular weight excluding hydrogens is 523 g/mol. The van der Waals surface area contributed by atoms with Gasteiger partial charge < -0.3 is 14.8 Å². The lowest BCUT2D eigenvalue weighted by Gasteiger charge is -2.14. The molecular formula is C25H28F3N5O4S. The molecule has 0 saturated heterocycles. The summed E-state index contributed by atoms with van der Waals surface area (Å²) < 4.78 is 38.1. The maximum absolute atomic E-state index is 12.0. The lowest BCUT2D eigenvalue weighted by Crippen LogP contribution is -2.21. The summed E-state index contributed by atoms with van der Waals surface area (Å²) in [5.41, 5.74) is 2.44. The number of rotatable bonds is 10. The molecule has 3 N–H and O–H groups in total. The van der Waals surface area contributed by atoms with Crippen molar-refractivity contribution in [2.45, 2.75) is 38.9 Å². The molecule has 9 nitrogen and oxygen atoms in total. The zero-order chi connectivity index (χ0) is 28.1. The fourth-order valence-corrected chi connectivity index (χ4v) is 4.11. The second-order valence-electron chi connectivity index (χ2n) is 8.10. The first-order valence-corrected chi connectivity index (χ1v) is 12.4. The smallest absolute Gasteiger partial charge is 0.475 e. The predicted molar refractivity (Wildman–Crippen MR) is 138 cm³/mol. The Morgan fingerprint density at radius 3 is 2.71 bits per heavy atom. The number of carboxylic acids is 1. The van der Waals surface area contributed by atoms with Crippen LogP contribution in [-0.4, -0.2) is 58.4 Å². The third-order valence-corrected chi connectivity index (χ3v) is 6.02. The number of imidazole rings is 1. The maximum Gasteiger partial charge on any atom is 0.490 e. The van der Waals surface area contributed by atoms with Crippen molar-refractivity contribution in [3.63, 3.8) is 0 Å². The number of ether oxygens (including phenoxy) is 1. The third kappa shape index (κ3) is 10.2. The van der Waals surface area contributed by atoms with E-state index in [9.17, 15) is 18.0 Å². The Morgan fingerprint density at radius 1 is 1.34 bits per heavy atom. The highest BCUT2D eigenvalue weighted by molar-refractivity contribution is 7.17. The van der Waals surface area contributed by atoms with Crippen LogP contribution in [-0.2, 0) is 22.5 Å². The molecule has 0 aliphatic heterocycles. The van der Waals surface area contributed by atoms with Crippen molar-refractivity contribution in [1.82, 2.24) is 14.9 Å². The summed E-state index contributed by atoms with van der Waals surface area (Å²) in [6.45, 7) is 3.87. The number of likely N-dealkylation sites (N-methyl/N-ethyl adjacent to an activating group) is 1. The van der Waals surface area contributed by atoms with Crippen molar-refractivity contribution < 1.29 is 32.6 Å². The van der Waals surface area contributed by atoms with Gasteiger partial charge >= 0.3 is 18.2 Å². The highest BCUT2D eigenvalue weighted by Gasteiger charge is 2.38. The highest BCUT2D eigenvalue weighted by atomic mass is 32.1. The van der Waals surface area contributed by atoms with E-state index in [-0.39, 0.29) is 6.61 Å². The van der Waals surface area contributed by atoms with E-state index in [1.54, 1.807) is 17.5 Å². The van der Waals surface area contributed by atoms with Gasteiger partial charge in [0.05, 0.1) is 12.7 Å². The van der Waals surface area contributed by atoms with Crippen molar-refractivity contribution in [1.29, 1.82) is 5.26 Å². The molecule has 1 aromatic carbocycles. The number of carboxylic acid groups (broad SMARTS) is 1. The van der Waals surface area contributed by atoms with Gasteiger partial charge in [-0.05, 0) is 54.4 Å². The molecule has 2 heterocycles. The number of hydrogen-bond donors (Lipinski definition) is 3. The number of allylic oxidation sites excluding steroid dienone is 1. The summed E-state index contributed by atoms with van der Waals surface area (Å²) in [5.74, 6) is -1.98. The molecule has 0 fully saturated rings. The Hall–Kier alpha value is -3.89. The average Bonchev–Trinajstić information content (AvgIpc) is 3.48. The Kier molecular flexibility index (Phi) is 11.8. The molecule has 0 atom stereocenters. The maximum atomic E-state index is 12.0. The zero-order valence-corrected chi connectivity index (χ0v) is 21.7. The predicted octanol–water partition coefficient (Wildman–Crippen LogP) is 5.71. The van der Waals surface area contributed by atoms with Crippen LogP contribution >= 0.6 is 11.3 Å². The number of nitrogens with zero attached hydrogens (tertiary/aromatic N) is 3. The van der Waals surface area contributed by atoms with Gasteiger partial charge in [-0.2, -0.15) is 18.4 Å². The molecule has 0 aliphatic carbocycles. The van der Waals surface area contributed by atoms with E-state index in [1.165, 1.54) is 10.3 Å². The minimum atomic E-state index is -5.08. The number of benzene rings is 1. The first kappa shape index (κ1) is 30.3. The van der Waals surface area contributed by atoms with E-state index >= 15 is 0 Å². The number of aliphatic carboxylic acids is 1. The van der Waals surface area contributed by atoms with Crippen LogP contribution < -0.4 is 5.32 Å². The molecule has 0 radical (unpaired) electrons. The van der Waals surface area contributed by atoms with Gasteiger partial charge in [-0.3, -0.25) is 10.2 Å². The molecule has 0 spiro atoms. The van der Waals surface area contributed by atoms with E-state index in [0.29, 0.717) is 12.2 Å². The van der Waals surface area contributed by atoms with E-state index in [0.717, 1.165) is 42.7 Å². The number of nitrogens with one attached hydrogen (secondary N) is 2. The Labute approximate surface area is 221 Å². The molecule has 0 bridgehead atoms. The quantitative estimate of drug-likeness (QED) is 0.275. The molecule has 13 heteroatoms. The first-order chi connectivity index (χ1) is 18.0. The number of carbonyl (C=O) groups is 2. The Bertz CT molecular complexity index is 1280. The van der Waals surface area contributed by atoms with Crippen LogP contribution in [0.25, 0.3) is 10.1 Å². The summed E-state index contributed by atoms with van der Waals surface area (Å²) in [4.78, 5) is 30.3. The number of unbranched alkanes of at least 4 members (excludes halogenated alkanes) is 1. The SMILES string of the molecule is CCCC=CCOC(=O)Nc1ccc2scc(CCN(C)Cc3ncc(C#N)[nH]3)c2c1.O=C(O)C(F)(F)F. The molecule has 204 valence electrons. The second kappa shape index (κ2) is 14.7. The van der Waals surface area contributed by atoms with Crippen LogP contribution in [0, 0.1) is 11.3 Å². The second-order valence-corrected chi connectivity index (χ2v) is 9.01. The summed E-state index contributed by atoms with van der Waals surface area (Å²) in [6, 6.07) is 7.98. The number of amides is 1. The first-order valence-electron chi connectivity index (χ1n) is 11.5. The summed E-state index contributed by atoms with van der Waals surface area (Å²) >= 11 is 1.70. The number of anilines is 1. The van der Waals surface area contributed by atoms with Crippen molar-refractivity contribution in [2.75, 3.05) is 25.5 Å². The summed E-state index contributed by atoms with van der Waals surface area (Å²) in [6.07, 6.45) is 2.83. The number of nitriles is 1. The lowest BCUT2D eigenvalue weighted by molar-refractivity contribution is -0.192. The average molecular weight is 552 g/mol. The number of halogens is 3. The number of carbonyl (C=O) groups excluding carboxylic acids is 1. The van der Waals surface area contributed by atoms with E-state index < -0.39 is 18.2 Å². The number of hydrogen-bond acceptors (Lipinski definition) is 7. The molecule has 1 amide bonds. The topological polar surface area (TPSA) is 131 Å². The third-order valence-electron chi connectivity index (χ3n) is 5.01.